The van der Waals surface area contributed by atoms with Crippen molar-refractivity contribution in [3.05, 3.63) is 35.4 Å². The SMILES string of the molecule is CCCOC(=O)C(CC)S(=O)(=O)Cc1cccc(CN)c1. The number of hydrogen-bond donors (Lipinski definition) is 1. The van der Waals surface area contributed by atoms with Crippen LogP contribution in [0.5, 0.6) is 0 Å². The number of sulfone groups is 1. The van der Waals surface area contributed by atoms with Gasteiger partial charge >= 0.3 is 5.97 Å². The molecule has 21 heavy (non-hydrogen) atoms. The Morgan fingerprint density at radius 1 is 1.29 bits per heavy atom. The van der Waals surface area contributed by atoms with E-state index in [0.29, 0.717) is 18.5 Å². The fourth-order valence-corrected chi connectivity index (χ4v) is 3.76. The molecular formula is C15H23NO4S. The quantitative estimate of drug-likeness (QED) is 0.739. The van der Waals surface area contributed by atoms with Gasteiger partial charge in [-0.25, -0.2) is 8.42 Å². The van der Waals surface area contributed by atoms with E-state index in [4.69, 9.17) is 10.5 Å². The number of nitrogens with two attached hydrogens (primary N) is 1. The molecule has 0 bridgehead atoms. The molecule has 0 aliphatic carbocycles. The maximum atomic E-state index is 12.4. The molecule has 0 amide bonds. The normalized spacial score (nSPS) is 12.9. The molecule has 1 unspecified atom stereocenters. The summed E-state index contributed by atoms with van der Waals surface area (Å²) in [5.41, 5.74) is 7.05. The third-order valence-electron chi connectivity index (χ3n) is 3.11. The Morgan fingerprint density at radius 2 is 1.95 bits per heavy atom. The Hall–Kier alpha value is -1.40. The van der Waals surface area contributed by atoms with E-state index < -0.39 is 21.1 Å². The van der Waals surface area contributed by atoms with Gasteiger partial charge in [0.05, 0.1) is 12.4 Å². The molecule has 0 spiro atoms. The summed E-state index contributed by atoms with van der Waals surface area (Å²) in [5, 5.41) is -1.11. The van der Waals surface area contributed by atoms with Gasteiger partial charge in [0.2, 0.25) is 0 Å². The van der Waals surface area contributed by atoms with Gasteiger partial charge < -0.3 is 10.5 Å². The van der Waals surface area contributed by atoms with Crippen LogP contribution in [0.1, 0.15) is 37.8 Å². The van der Waals surface area contributed by atoms with Crippen molar-refractivity contribution in [1.29, 1.82) is 0 Å². The van der Waals surface area contributed by atoms with Crippen LogP contribution >= 0.6 is 0 Å². The first-order valence-electron chi connectivity index (χ1n) is 7.10. The number of hydrogen-bond acceptors (Lipinski definition) is 5. The van der Waals surface area contributed by atoms with Crippen molar-refractivity contribution in [3.8, 4) is 0 Å². The Balaban J connectivity index is 2.89. The van der Waals surface area contributed by atoms with Crippen molar-refractivity contribution in [3.63, 3.8) is 0 Å². The minimum atomic E-state index is -3.60. The van der Waals surface area contributed by atoms with Crippen LogP contribution in [-0.2, 0) is 31.7 Å². The van der Waals surface area contributed by atoms with Crippen LogP contribution in [0.4, 0.5) is 0 Å². The Labute approximate surface area is 126 Å². The Bertz CT molecular complexity index is 569. The lowest BCUT2D eigenvalue weighted by atomic mass is 10.1. The fraction of sp³-hybridized carbons (Fsp3) is 0.533. The number of benzene rings is 1. The van der Waals surface area contributed by atoms with Crippen LogP contribution in [0.25, 0.3) is 0 Å². The maximum absolute atomic E-state index is 12.4. The average molecular weight is 313 g/mol. The molecule has 5 nitrogen and oxygen atoms in total. The average Bonchev–Trinajstić information content (AvgIpc) is 2.45. The van der Waals surface area contributed by atoms with Crippen LogP contribution in [-0.4, -0.2) is 26.2 Å². The van der Waals surface area contributed by atoms with Gasteiger partial charge in [0, 0.05) is 6.54 Å². The maximum Gasteiger partial charge on any atom is 0.324 e. The molecule has 0 saturated heterocycles. The number of carbonyl (C=O) groups excluding carboxylic acids is 1. The molecule has 118 valence electrons. The van der Waals surface area contributed by atoms with Crippen LogP contribution in [0.15, 0.2) is 24.3 Å². The highest BCUT2D eigenvalue weighted by molar-refractivity contribution is 7.92. The van der Waals surface area contributed by atoms with E-state index >= 15 is 0 Å². The molecule has 6 heteroatoms. The molecule has 2 N–H and O–H groups in total. The van der Waals surface area contributed by atoms with Gasteiger partial charge in [-0.05, 0) is 24.0 Å². The molecule has 0 aromatic heterocycles. The summed E-state index contributed by atoms with van der Waals surface area (Å²) < 4.78 is 29.8. The third kappa shape index (κ3) is 5.13. The van der Waals surface area contributed by atoms with Crippen LogP contribution < -0.4 is 5.73 Å². The molecule has 0 heterocycles. The lowest BCUT2D eigenvalue weighted by Crippen LogP contribution is -2.32. The summed E-state index contributed by atoms with van der Waals surface area (Å²) in [6, 6.07) is 7.08. The molecule has 0 aliphatic heterocycles. The minimum Gasteiger partial charge on any atom is -0.465 e. The first kappa shape index (κ1) is 17.7. The minimum absolute atomic E-state index is 0.180. The van der Waals surface area contributed by atoms with Crippen LogP contribution in [0, 0.1) is 0 Å². The van der Waals surface area contributed by atoms with E-state index in [0.717, 1.165) is 5.56 Å². The zero-order valence-corrected chi connectivity index (χ0v) is 13.4. The molecule has 1 rings (SSSR count). The van der Waals surface area contributed by atoms with Gasteiger partial charge in [-0.3, -0.25) is 4.79 Å². The van der Waals surface area contributed by atoms with Crippen molar-refractivity contribution >= 4 is 15.8 Å². The van der Waals surface area contributed by atoms with E-state index in [9.17, 15) is 13.2 Å². The van der Waals surface area contributed by atoms with Gasteiger partial charge in [0.25, 0.3) is 0 Å². The number of ether oxygens (including phenoxy) is 1. The summed E-state index contributed by atoms with van der Waals surface area (Å²) in [6.45, 7) is 4.13. The van der Waals surface area contributed by atoms with Gasteiger partial charge in [-0.2, -0.15) is 0 Å². The monoisotopic (exact) mass is 313 g/mol. The second kappa shape index (κ2) is 8.14. The second-order valence-electron chi connectivity index (χ2n) is 4.90. The zero-order chi connectivity index (χ0) is 15.9. The number of rotatable bonds is 8. The Morgan fingerprint density at radius 3 is 2.52 bits per heavy atom. The molecule has 0 aliphatic rings. The predicted octanol–water partition coefficient (Wildman–Crippen LogP) is 1.79. The largest absolute Gasteiger partial charge is 0.465 e. The fourth-order valence-electron chi connectivity index (χ4n) is 2.04. The lowest BCUT2D eigenvalue weighted by molar-refractivity contribution is -0.143. The van der Waals surface area contributed by atoms with Gasteiger partial charge in [0.15, 0.2) is 15.1 Å². The van der Waals surface area contributed by atoms with Gasteiger partial charge in [-0.15, -0.1) is 0 Å². The Kier molecular flexibility index (Phi) is 6.84. The standard InChI is InChI=1S/C15H23NO4S/c1-3-8-20-15(17)14(4-2)21(18,19)11-13-7-5-6-12(9-13)10-16/h5-7,9,14H,3-4,8,10-11,16H2,1-2H3. The van der Waals surface area contributed by atoms with Crippen LogP contribution in [0.2, 0.25) is 0 Å². The molecule has 0 radical (unpaired) electrons. The molecule has 1 aromatic carbocycles. The highest BCUT2D eigenvalue weighted by Crippen LogP contribution is 2.16. The van der Waals surface area contributed by atoms with E-state index in [1.807, 2.05) is 13.0 Å². The zero-order valence-electron chi connectivity index (χ0n) is 12.5. The predicted molar refractivity (Wildman–Crippen MR) is 82.3 cm³/mol. The van der Waals surface area contributed by atoms with Gasteiger partial charge in [0.1, 0.15) is 0 Å². The van der Waals surface area contributed by atoms with E-state index in [2.05, 4.69) is 0 Å². The van der Waals surface area contributed by atoms with Crippen molar-refractivity contribution < 1.29 is 17.9 Å². The number of carbonyl (C=O) groups is 1. The van der Waals surface area contributed by atoms with Crippen molar-refractivity contribution in [1.82, 2.24) is 0 Å². The first-order chi connectivity index (χ1) is 9.94. The van der Waals surface area contributed by atoms with Crippen molar-refractivity contribution in [2.75, 3.05) is 6.61 Å². The van der Waals surface area contributed by atoms with E-state index in [1.54, 1.807) is 25.1 Å². The molecule has 1 aromatic rings. The summed E-state index contributed by atoms with van der Waals surface area (Å²) in [4.78, 5) is 11.9. The molecular weight excluding hydrogens is 290 g/mol. The van der Waals surface area contributed by atoms with Crippen LogP contribution in [0.3, 0.4) is 0 Å². The molecule has 0 fully saturated rings. The highest BCUT2D eigenvalue weighted by atomic mass is 32.2. The van der Waals surface area contributed by atoms with Gasteiger partial charge in [-0.1, -0.05) is 38.1 Å². The van der Waals surface area contributed by atoms with E-state index in [1.165, 1.54) is 0 Å². The summed E-state index contributed by atoms with van der Waals surface area (Å²) in [5.74, 6) is -0.838. The molecule has 1 atom stereocenters. The smallest absolute Gasteiger partial charge is 0.324 e. The van der Waals surface area contributed by atoms with E-state index in [-0.39, 0.29) is 18.8 Å². The highest BCUT2D eigenvalue weighted by Gasteiger charge is 2.32. The topological polar surface area (TPSA) is 86.5 Å². The van der Waals surface area contributed by atoms with Crippen molar-refractivity contribution in [2.24, 2.45) is 5.73 Å². The first-order valence-corrected chi connectivity index (χ1v) is 8.82. The summed E-state index contributed by atoms with van der Waals surface area (Å²) >= 11 is 0. The second-order valence-corrected chi connectivity index (χ2v) is 7.08. The lowest BCUT2D eigenvalue weighted by Gasteiger charge is -2.15. The summed E-state index contributed by atoms with van der Waals surface area (Å²) in [7, 11) is -3.60. The summed E-state index contributed by atoms with van der Waals surface area (Å²) in [6.07, 6.45) is 0.877. The van der Waals surface area contributed by atoms with Crippen molar-refractivity contribution in [2.45, 2.75) is 44.2 Å². The number of esters is 1. The third-order valence-corrected chi connectivity index (χ3v) is 5.24. The molecule has 0 saturated carbocycles.